The molecular weight excluding hydrogens is 198 g/mol. The quantitative estimate of drug-likeness (QED) is 0.561. The lowest BCUT2D eigenvalue weighted by molar-refractivity contribution is 0.371. The van der Waals surface area contributed by atoms with Gasteiger partial charge in [0.05, 0.1) is 19.3 Å². The van der Waals surface area contributed by atoms with E-state index < -0.39 is 0 Å². The van der Waals surface area contributed by atoms with E-state index in [0.29, 0.717) is 5.76 Å². The number of methoxy groups -OCH3 is 1. The summed E-state index contributed by atoms with van der Waals surface area (Å²) in [6.07, 6.45) is 1.42. The Balaban J connectivity index is 2.70. The fourth-order valence-corrected chi connectivity index (χ4v) is 1.75. The molecule has 2 nitrogen and oxygen atoms in total. The van der Waals surface area contributed by atoms with Gasteiger partial charge in [0.1, 0.15) is 5.76 Å². The van der Waals surface area contributed by atoms with Crippen molar-refractivity contribution in [2.24, 2.45) is 0 Å². The van der Waals surface area contributed by atoms with E-state index in [-0.39, 0.29) is 0 Å². The van der Waals surface area contributed by atoms with Crippen LogP contribution in [0.4, 0.5) is 0 Å². The second-order valence-corrected chi connectivity index (χ2v) is 3.37. The lowest BCUT2D eigenvalue weighted by atomic mass is 10.0. The minimum Gasteiger partial charge on any atom is -0.495 e. The molecule has 0 atom stereocenters. The number of hydrogen-bond acceptors (Lipinski definition) is 2. The largest absolute Gasteiger partial charge is 0.495 e. The molecule has 2 aromatic rings. The minimum atomic E-state index is 0.597. The summed E-state index contributed by atoms with van der Waals surface area (Å²) in [7, 11) is 1.57. The predicted molar refractivity (Wildman–Crippen MR) is 64.5 cm³/mol. The maximum Gasteiger partial charge on any atom is 0.137 e. The molecule has 2 heteroatoms. The number of fused-ring (bicyclic) bond motifs is 1. The van der Waals surface area contributed by atoms with Crippen LogP contribution in [0.3, 0.4) is 0 Å². The standard InChI is InChI=1S/C14H11NO/c1-16-14(9-10-15)13-8-4-6-11-5-2-3-7-12(11)13/h2-9H,1H3. The molecule has 0 aromatic heterocycles. The lowest BCUT2D eigenvalue weighted by Gasteiger charge is -2.08. The van der Waals surface area contributed by atoms with Crippen LogP contribution in [0, 0.1) is 11.3 Å². The van der Waals surface area contributed by atoms with Crippen LogP contribution in [0.25, 0.3) is 16.5 Å². The molecule has 16 heavy (non-hydrogen) atoms. The molecule has 0 spiro atoms. The summed E-state index contributed by atoms with van der Waals surface area (Å²) in [5.74, 6) is 0.597. The maximum absolute atomic E-state index is 8.69. The first-order chi connectivity index (χ1) is 7.86. The van der Waals surface area contributed by atoms with Gasteiger partial charge in [-0.05, 0) is 10.8 Å². The molecule has 0 saturated heterocycles. The van der Waals surface area contributed by atoms with Gasteiger partial charge in [0.15, 0.2) is 0 Å². The SMILES string of the molecule is COC(=CC#N)c1cccc2ccccc12. The van der Waals surface area contributed by atoms with Gasteiger partial charge in [-0.3, -0.25) is 0 Å². The third-order valence-corrected chi connectivity index (χ3v) is 2.47. The van der Waals surface area contributed by atoms with Crippen molar-refractivity contribution in [1.82, 2.24) is 0 Å². The van der Waals surface area contributed by atoms with E-state index in [2.05, 4.69) is 0 Å². The van der Waals surface area contributed by atoms with Gasteiger partial charge in [0.25, 0.3) is 0 Å². The number of nitrogens with zero attached hydrogens (tertiary/aromatic N) is 1. The van der Waals surface area contributed by atoms with Crippen LogP contribution in [0.15, 0.2) is 48.5 Å². The van der Waals surface area contributed by atoms with Gasteiger partial charge in [0, 0.05) is 5.56 Å². The highest BCUT2D eigenvalue weighted by Gasteiger charge is 2.05. The van der Waals surface area contributed by atoms with E-state index in [1.165, 1.54) is 6.08 Å². The first-order valence-electron chi connectivity index (χ1n) is 4.98. The molecule has 0 heterocycles. The highest BCUT2D eigenvalue weighted by molar-refractivity contribution is 5.92. The molecule has 0 N–H and O–H groups in total. The highest BCUT2D eigenvalue weighted by Crippen LogP contribution is 2.25. The lowest BCUT2D eigenvalue weighted by Crippen LogP contribution is -1.88. The normalized spacial score (nSPS) is 11.1. The Hall–Kier alpha value is -2.27. The zero-order valence-electron chi connectivity index (χ0n) is 8.97. The van der Waals surface area contributed by atoms with E-state index in [4.69, 9.17) is 10.00 Å². The molecule has 0 aliphatic rings. The Morgan fingerprint density at radius 1 is 1.19 bits per heavy atom. The second kappa shape index (κ2) is 4.50. The molecular formula is C14H11NO. The van der Waals surface area contributed by atoms with Gasteiger partial charge in [-0.1, -0.05) is 42.5 Å². The van der Waals surface area contributed by atoms with Crippen molar-refractivity contribution in [2.45, 2.75) is 0 Å². The van der Waals surface area contributed by atoms with Crippen molar-refractivity contribution < 1.29 is 4.74 Å². The molecule has 2 rings (SSSR count). The average molecular weight is 209 g/mol. The van der Waals surface area contributed by atoms with Crippen LogP contribution in [-0.2, 0) is 4.74 Å². The number of hydrogen-bond donors (Lipinski definition) is 0. The fraction of sp³-hybridized carbons (Fsp3) is 0.0714. The Morgan fingerprint density at radius 2 is 1.94 bits per heavy atom. The Kier molecular flexibility index (Phi) is 2.88. The van der Waals surface area contributed by atoms with Crippen molar-refractivity contribution in [3.63, 3.8) is 0 Å². The molecule has 0 aliphatic heterocycles. The zero-order valence-corrected chi connectivity index (χ0v) is 8.97. The van der Waals surface area contributed by atoms with Crippen molar-refractivity contribution in [1.29, 1.82) is 5.26 Å². The van der Waals surface area contributed by atoms with E-state index >= 15 is 0 Å². The van der Waals surface area contributed by atoms with Crippen LogP contribution in [0.1, 0.15) is 5.56 Å². The monoisotopic (exact) mass is 209 g/mol. The minimum absolute atomic E-state index is 0.597. The second-order valence-electron chi connectivity index (χ2n) is 3.37. The number of nitriles is 1. The van der Waals surface area contributed by atoms with Gasteiger partial charge < -0.3 is 4.74 Å². The third kappa shape index (κ3) is 1.76. The number of allylic oxidation sites excluding steroid dienone is 1. The van der Waals surface area contributed by atoms with Crippen LogP contribution >= 0.6 is 0 Å². The smallest absolute Gasteiger partial charge is 0.137 e. The van der Waals surface area contributed by atoms with E-state index in [1.807, 2.05) is 48.5 Å². The summed E-state index contributed by atoms with van der Waals surface area (Å²) in [6.45, 7) is 0. The van der Waals surface area contributed by atoms with Crippen LogP contribution in [-0.4, -0.2) is 7.11 Å². The average Bonchev–Trinajstić information content (AvgIpc) is 2.35. The topological polar surface area (TPSA) is 33.0 Å². The van der Waals surface area contributed by atoms with E-state index in [1.54, 1.807) is 7.11 Å². The number of ether oxygens (including phenoxy) is 1. The zero-order chi connectivity index (χ0) is 11.4. The first kappa shape index (κ1) is 10.3. The Labute approximate surface area is 94.4 Å². The molecule has 0 radical (unpaired) electrons. The maximum atomic E-state index is 8.69. The van der Waals surface area contributed by atoms with Crippen LogP contribution in [0.2, 0.25) is 0 Å². The van der Waals surface area contributed by atoms with Crippen LogP contribution in [0.5, 0.6) is 0 Å². The van der Waals surface area contributed by atoms with Crippen molar-refractivity contribution in [2.75, 3.05) is 7.11 Å². The van der Waals surface area contributed by atoms with Crippen molar-refractivity contribution in [3.05, 3.63) is 54.1 Å². The van der Waals surface area contributed by atoms with Crippen molar-refractivity contribution in [3.8, 4) is 6.07 Å². The van der Waals surface area contributed by atoms with Gasteiger partial charge in [-0.25, -0.2) is 0 Å². The van der Waals surface area contributed by atoms with E-state index in [0.717, 1.165) is 16.3 Å². The Bertz CT molecular complexity index is 573. The summed E-state index contributed by atoms with van der Waals surface area (Å²) in [5.41, 5.74) is 0.946. The van der Waals surface area contributed by atoms with Gasteiger partial charge >= 0.3 is 0 Å². The molecule has 0 fully saturated rings. The summed E-state index contributed by atoms with van der Waals surface area (Å²) >= 11 is 0. The molecule has 0 saturated carbocycles. The first-order valence-corrected chi connectivity index (χ1v) is 4.98. The summed E-state index contributed by atoms with van der Waals surface area (Å²) in [5, 5.41) is 10.9. The Morgan fingerprint density at radius 3 is 2.69 bits per heavy atom. The summed E-state index contributed by atoms with van der Waals surface area (Å²) in [6, 6.07) is 16.0. The molecule has 0 amide bonds. The predicted octanol–water partition coefficient (Wildman–Crippen LogP) is 3.35. The summed E-state index contributed by atoms with van der Waals surface area (Å²) < 4.78 is 5.22. The molecule has 78 valence electrons. The summed E-state index contributed by atoms with van der Waals surface area (Å²) in [4.78, 5) is 0. The van der Waals surface area contributed by atoms with E-state index in [9.17, 15) is 0 Å². The number of rotatable bonds is 2. The third-order valence-electron chi connectivity index (χ3n) is 2.47. The fourth-order valence-electron chi connectivity index (χ4n) is 1.75. The van der Waals surface area contributed by atoms with Crippen LogP contribution < -0.4 is 0 Å². The highest BCUT2D eigenvalue weighted by atomic mass is 16.5. The molecule has 0 aliphatic carbocycles. The molecule has 2 aromatic carbocycles. The van der Waals surface area contributed by atoms with Gasteiger partial charge in [0.2, 0.25) is 0 Å². The van der Waals surface area contributed by atoms with Crippen molar-refractivity contribution >= 4 is 16.5 Å². The van der Waals surface area contributed by atoms with Gasteiger partial charge in [-0.15, -0.1) is 0 Å². The molecule has 0 unspecified atom stereocenters. The number of benzene rings is 2. The van der Waals surface area contributed by atoms with Gasteiger partial charge in [-0.2, -0.15) is 5.26 Å². The molecule has 0 bridgehead atoms.